The van der Waals surface area contributed by atoms with Crippen molar-refractivity contribution in [1.82, 2.24) is 20.1 Å². The summed E-state index contributed by atoms with van der Waals surface area (Å²) in [5.41, 5.74) is 7.30. The van der Waals surface area contributed by atoms with E-state index in [0.717, 1.165) is 25.6 Å². The Kier molecular flexibility index (Phi) is 6.49. The number of aryl methyl sites for hydroxylation is 1. The van der Waals surface area contributed by atoms with E-state index in [1.54, 1.807) is 5.56 Å². The van der Waals surface area contributed by atoms with Crippen LogP contribution in [0.15, 0.2) is 36.5 Å². The minimum Gasteiger partial charge on any atom is -0.371 e. The van der Waals surface area contributed by atoms with E-state index in [9.17, 15) is 0 Å². The molecule has 0 radical (unpaired) electrons. The Bertz CT molecular complexity index is 918. The molecule has 5 heteroatoms. The third-order valence-electron chi connectivity index (χ3n) is 8.02. The first-order chi connectivity index (χ1) is 15.6. The lowest BCUT2D eigenvalue weighted by molar-refractivity contribution is 0.191. The molecule has 0 saturated carbocycles. The fraction of sp³-hybridized carbons (Fsp3) is 0.593. The maximum absolute atomic E-state index is 4.77. The number of fused-ring (bicyclic) bond motifs is 2. The normalized spacial score (nSPS) is 24.0. The van der Waals surface area contributed by atoms with Gasteiger partial charge in [0, 0.05) is 50.1 Å². The van der Waals surface area contributed by atoms with Crippen LogP contribution in [-0.4, -0.2) is 67.6 Å². The standard InChI is InChI=1S/C27H39N5/c1-30(2)23-12-15-32(16-13-23)25-10-5-8-21-18-29-22(17-24(21)25)19-31(3)26-11-4-7-20-9-6-14-28-27(20)26/h5-6,8-10,14,22-23,26,29H,4,7,11-13,15-19H2,1-3H3/t22-,26-/m0/s1. The smallest absolute Gasteiger partial charge is 0.0607 e. The van der Waals surface area contributed by atoms with Crippen LogP contribution in [0.25, 0.3) is 0 Å². The van der Waals surface area contributed by atoms with Gasteiger partial charge in [0.25, 0.3) is 0 Å². The molecular formula is C27H39N5. The predicted octanol–water partition coefficient (Wildman–Crippen LogP) is 3.64. The first-order valence-electron chi connectivity index (χ1n) is 12.5. The molecule has 5 rings (SSSR count). The molecule has 2 atom stereocenters. The van der Waals surface area contributed by atoms with Gasteiger partial charge in [-0.1, -0.05) is 18.2 Å². The van der Waals surface area contributed by atoms with Gasteiger partial charge in [-0.25, -0.2) is 0 Å². The second-order valence-corrected chi connectivity index (χ2v) is 10.3. The largest absolute Gasteiger partial charge is 0.371 e. The monoisotopic (exact) mass is 433 g/mol. The summed E-state index contributed by atoms with van der Waals surface area (Å²) >= 11 is 0. The summed E-state index contributed by atoms with van der Waals surface area (Å²) < 4.78 is 0. The number of piperidine rings is 1. The van der Waals surface area contributed by atoms with Gasteiger partial charge in [0.2, 0.25) is 0 Å². The van der Waals surface area contributed by atoms with Crippen molar-refractivity contribution in [3.8, 4) is 0 Å². The number of likely N-dealkylation sites (N-methyl/N-ethyl adjacent to an activating group) is 1. The maximum Gasteiger partial charge on any atom is 0.0607 e. The molecule has 1 aromatic carbocycles. The molecule has 1 aromatic heterocycles. The highest BCUT2D eigenvalue weighted by Gasteiger charge is 2.30. The Morgan fingerprint density at radius 2 is 1.84 bits per heavy atom. The van der Waals surface area contributed by atoms with Crippen molar-refractivity contribution in [2.45, 2.75) is 63.2 Å². The summed E-state index contributed by atoms with van der Waals surface area (Å²) in [7, 11) is 6.74. The highest BCUT2D eigenvalue weighted by molar-refractivity contribution is 5.58. The summed E-state index contributed by atoms with van der Waals surface area (Å²) in [6.45, 7) is 4.39. The van der Waals surface area contributed by atoms with E-state index in [2.05, 4.69) is 71.5 Å². The van der Waals surface area contributed by atoms with Gasteiger partial charge < -0.3 is 15.1 Å². The van der Waals surface area contributed by atoms with E-state index in [-0.39, 0.29) is 0 Å². The molecule has 2 aromatic rings. The molecule has 0 unspecified atom stereocenters. The van der Waals surface area contributed by atoms with Crippen LogP contribution in [-0.2, 0) is 19.4 Å². The Morgan fingerprint density at radius 1 is 1.03 bits per heavy atom. The van der Waals surface area contributed by atoms with Crippen LogP contribution in [0, 0.1) is 0 Å². The van der Waals surface area contributed by atoms with Crippen LogP contribution >= 0.6 is 0 Å². The lowest BCUT2D eigenvalue weighted by Crippen LogP contribution is -2.46. The molecule has 3 heterocycles. The molecule has 0 spiro atoms. The van der Waals surface area contributed by atoms with E-state index in [0.29, 0.717) is 12.1 Å². The number of nitrogens with zero attached hydrogens (tertiary/aromatic N) is 4. The summed E-state index contributed by atoms with van der Waals surface area (Å²) in [5.74, 6) is 0. The summed E-state index contributed by atoms with van der Waals surface area (Å²) in [5, 5.41) is 3.83. The summed E-state index contributed by atoms with van der Waals surface area (Å²) in [6, 6.07) is 13.0. The number of hydrogen-bond acceptors (Lipinski definition) is 5. The van der Waals surface area contributed by atoms with Gasteiger partial charge in [-0.2, -0.15) is 0 Å². The highest BCUT2D eigenvalue weighted by atomic mass is 15.2. The van der Waals surface area contributed by atoms with Gasteiger partial charge in [-0.15, -0.1) is 0 Å². The van der Waals surface area contributed by atoms with Crippen LogP contribution in [0.1, 0.15) is 54.1 Å². The first kappa shape index (κ1) is 21.9. The van der Waals surface area contributed by atoms with Crippen molar-refractivity contribution in [1.29, 1.82) is 0 Å². The molecule has 3 aliphatic rings. The lowest BCUT2D eigenvalue weighted by atomic mass is 9.89. The molecule has 32 heavy (non-hydrogen) atoms. The summed E-state index contributed by atoms with van der Waals surface area (Å²) in [4.78, 5) is 12.4. The quantitative estimate of drug-likeness (QED) is 0.779. The molecule has 1 saturated heterocycles. The van der Waals surface area contributed by atoms with E-state index < -0.39 is 0 Å². The second kappa shape index (κ2) is 9.50. The molecule has 2 aliphatic heterocycles. The van der Waals surface area contributed by atoms with E-state index in [4.69, 9.17) is 4.98 Å². The van der Waals surface area contributed by atoms with Crippen molar-refractivity contribution in [3.63, 3.8) is 0 Å². The molecule has 0 amide bonds. The van der Waals surface area contributed by atoms with Gasteiger partial charge in [0.15, 0.2) is 0 Å². The van der Waals surface area contributed by atoms with Crippen molar-refractivity contribution in [3.05, 3.63) is 58.9 Å². The molecule has 1 N–H and O–H groups in total. The van der Waals surface area contributed by atoms with E-state index in [1.807, 2.05) is 6.20 Å². The number of pyridine rings is 1. The third kappa shape index (κ3) is 4.43. The Hall–Kier alpha value is -1.95. The lowest BCUT2D eigenvalue weighted by Gasteiger charge is -2.40. The fourth-order valence-electron chi connectivity index (χ4n) is 6.13. The molecule has 172 valence electrons. The second-order valence-electron chi connectivity index (χ2n) is 10.3. The third-order valence-corrected chi connectivity index (χ3v) is 8.02. The average Bonchev–Trinajstić information content (AvgIpc) is 2.83. The van der Waals surface area contributed by atoms with Crippen LogP contribution in [0.2, 0.25) is 0 Å². The zero-order chi connectivity index (χ0) is 22.1. The average molecular weight is 434 g/mol. The van der Waals surface area contributed by atoms with Crippen LogP contribution in [0.4, 0.5) is 5.69 Å². The Balaban J connectivity index is 1.28. The number of aromatic nitrogens is 1. The SMILES string of the molecule is CN(C)C1CCN(c2cccc3c2C[C@@H](CN(C)[C@H]2CCCc4cccnc42)NC3)CC1. The minimum atomic E-state index is 0.448. The van der Waals surface area contributed by atoms with Gasteiger partial charge >= 0.3 is 0 Å². The van der Waals surface area contributed by atoms with Crippen molar-refractivity contribution >= 4 is 5.69 Å². The Morgan fingerprint density at radius 3 is 2.66 bits per heavy atom. The molecule has 5 nitrogen and oxygen atoms in total. The zero-order valence-electron chi connectivity index (χ0n) is 20.1. The highest BCUT2D eigenvalue weighted by Crippen LogP contribution is 2.34. The van der Waals surface area contributed by atoms with Crippen molar-refractivity contribution < 1.29 is 0 Å². The van der Waals surface area contributed by atoms with Crippen LogP contribution in [0.3, 0.4) is 0 Å². The van der Waals surface area contributed by atoms with E-state index in [1.165, 1.54) is 67.7 Å². The molecule has 0 bridgehead atoms. The predicted molar refractivity (Wildman–Crippen MR) is 132 cm³/mol. The van der Waals surface area contributed by atoms with Gasteiger partial charge in [-0.3, -0.25) is 9.88 Å². The topological polar surface area (TPSA) is 34.6 Å². The van der Waals surface area contributed by atoms with Crippen LogP contribution in [0.5, 0.6) is 0 Å². The van der Waals surface area contributed by atoms with Gasteiger partial charge in [-0.05, 0) is 88.5 Å². The van der Waals surface area contributed by atoms with Crippen LogP contribution < -0.4 is 10.2 Å². The number of anilines is 1. The minimum absolute atomic E-state index is 0.448. The first-order valence-corrected chi connectivity index (χ1v) is 12.5. The number of benzene rings is 1. The number of rotatable bonds is 5. The molecular weight excluding hydrogens is 394 g/mol. The maximum atomic E-state index is 4.77. The zero-order valence-corrected chi connectivity index (χ0v) is 20.1. The van der Waals surface area contributed by atoms with Crippen molar-refractivity contribution in [2.75, 3.05) is 45.7 Å². The molecule has 1 aliphatic carbocycles. The molecule has 1 fully saturated rings. The summed E-state index contributed by atoms with van der Waals surface area (Å²) in [6.07, 6.45) is 9.26. The Labute approximate surface area is 193 Å². The van der Waals surface area contributed by atoms with Gasteiger partial charge in [0.05, 0.1) is 11.7 Å². The number of nitrogens with one attached hydrogen (secondary N) is 1. The fourth-order valence-corrected chi connectivity index (χ4v) is 6.13. The van der Waals surface area contributed by atoms with Gasteiger partial charge in [0.1, 0.15) is 0 Å². The number of hydrogen-bond donors (Lipinski definition) is 1. The van der Waals surface area contributed by atoms with Crippen molar-refractivity contribution in [2.24, 2.45) is 0 Å². The van der Waals surface area contributed by atoms with E-state index >= 15 is 0 Å².